The number of esters is 2. The van der Waals surface area contributed by atoms with Gasteiger partial charge in [-0.15, -0.1) is 0 Å². The first-order chi connectivity index (χ1) is 19.7. The maximum Gasteiger partial charge on any atom is 0.339 e. The number of hydrogen-bond donors (Lipinski definition) is 0. The van der Waals surface area contributed by atoms with Crippen molar-refractivity contribution in [3.8, 4) is 11.1 Å². The quantitative estimate of drug-likeness (QED) is 0.124. The molecule has 0 bridgehead atoms. The van der Waals surface area contributed by atoms with E-state index >= 15 is 0 Å². The highest BCUT2D eigenvalue weighted by molar-refractivity contribution is 6.03. The highest BCUT2D eigenvalue weighted by atomic mass is 16.5. The Labute approximate surface area is 240 Å². The third-order valence-corrected chi connectivity index (χ3v) is 6.52. The largest absolute Gasteiger partial charge is 0.462 e. The van der Waals surface area contributed by atoms with Crippen LogP contribution in [-0.2, 0) is 9.47 Å². The van der Waals surface area contributed by atoms with Crippen molar-refractivity contribution in [3.05, 3.63) is 84.4 Å². The van der Waals surface area contributed by atoms with Crippen molar-refractivity contribution in [1.82, 2.24) is 9.97 Å². The number of unbranched alkanes of at least 4 members (excludes halogenated alkanes) is 10. The second kappa shape index (κ2) is 21.3. The first-order valence-corrected chi connectivity index (χ1v) is 14.9. The van der Waals surface area contributed by atoms with E-state index in [2.05, 4.69) is 23.8 Å². The van der Waals surface area contributed by atoms with Crippen LogP contribution in [0.4, 0.5) is 0 Å². The summed E-state index contributed by atoms with van der Waals surface area (Å²) in [5.41, 5.74) is 2.93. The van der Waals surface area contributed by atoms with Gasteiger partial charge in [0.25, 0.3) is 0 Å². The molecule has 3 aromatic rings. The van der Waals surface area contributed by atoms with Crippen molar-refractivity contribution in [2.75, 3.05) is 13.2 Å². The Kier molecular flexibility index (Phi) is 17.4. The summed E-state index contributed by atoms with van der Waals surface area (Å²) in [6.07, 6.45) is 20.8. The Bertz CT molecular complexity index is 987. The van der Waals surface area contributed by atoms with Crippen LogP contribution in [-0.4, -0.2) is 35.1 Å². The van der Waals surface area contributed by atoms with Gasteiger partial charge in [-0.3, -0.25) is 9.97 Å². The van der Waals surface area contributed by atoms with E-state index in [1.54, 1.807) is 49.1 Å². The molecular formula is C34H46N2O4. The lowest BCUT2D eigenvalue weighted by Gasteiger charge is -2.10. The molecule has 0 radical (unpaired) electrons. The van der Waals surface area contributed by atoms with Gasteiger partial charge in [-0.05, 0) is 60.4 Å². The van der Waals surface area contributed by atoms with Crippen molar-refractivity contribution in [1.29, 1.82) is 0 Å². The lowest BCUT2D eigenvalue weighted by atomic mass is 10.1. The molecule has 1 aromatic carbocycles. The predicted octanol–water partition coefficient (Wildman–Crippen LogP) is 8.86. The number of nitrogens with zero attached hydrogens (tertiary/aromatic N) is 2. The fourth-order valence-corrected chi connectivity index (χ4v) is 4.18. The van der Waals surface area contributed by atoms with E-state index in [0.717, 1.165) is 25.7 Å². The van der Waals surface area contributed by atoms with Gasteiger partial charge in [0.15, 0.2) is 0 Å². The number of ether oxygens (including phenoxy) is 2. The summed E-state index contributed by atoms with van der Waals surface area (Å²) in [5, 5.41) is 0. The van der Waals surface area contributed by atoms with Gasteiger partial charge in [0.2, 0.25) is 0 Å². The summed E-state index contributed by atoms with van der Waals surface area (Å²) < 4.78 is 10.7. The van der Waals surface area contributed by atoms with Crippen LogP contribution < -0.4 is 0 Å². The highest BCUT2D eigenvalue weighted by Gasteiger charge is 2.18. The summed E-state index contributed by atoms with van der Waals surface area (Å²) in [5.74, 6) is -0.888. The molecule has 0 fully saturated rings. The van der Waals surface area contributed by atoms with Crippen molar-refractivity contribution in [3.63, 3.8) is 0 Å². The maximum atomic E-state index is 12.4. The minimum Gasteiger partial charge on any atom is -0.462 e. The number of hydrogen-bond acceptors (Lipinski definition) is 6. The van der Waals surface area contributed by atoms with Gasteiger partial charge in [0, 0.05) is 24.8 Å². The van der Waals surface area contributed by atoms with Crippen LogP contribution in [0.1, 0.15) is 112 Å². The molecule has 3 rings (SSSR count). The number of rotatable bonds is 17. The van der Waals surface area contributed by atoms with Crippen molar-refractivity contribution in [2.45, 2.75) is 90.9 Å². The monoisotopic (exact) mass is 546 g/mol. The molecule has 0 spiro atoms. The predicted molar refractivity (Wildman–Crippen MR) is 161 cm³/mol. The Morgan fingerprint density at radius 2 is 0.875 bits per heavy atom. The SMILES string of the molecule is CCCCCCCCOC(=O)c1ccccc1C(=O)OCCCCCCCC.c1cc(-c2ccncc2)ccn1. The molecule has 0 unspecified atom stereocenters. The molecule has 0 amide bonds. The zero-order valence-electron chi connectivity index (χ0n) is 24.4. The van der Waals surface area contributed by atoms with E-state index in [1.807, 2.05) is 24.3 Å². The third-order valence-electron chi connectivity index (χ3n) is 6.52. The van der Waals surface area contributed by atoms with Gasteiger partial charge in [0.1, 0.15) is 0 Å². The Morgan fingerprint density at radius 3 is 1.25 bits per heavy atom. The number of aromatic nitrogens is 2. The average Bonchev–Trinajstić information content (AvgIpc) is 3.01. The first kappa shape index (κ1) is 32.7. The van der Waals surface area contributed by atoms with Crippen LogP contribution in [0.5, 0.6) is 0 Å². The third kappa shape index (κ3) is 13.5. The number of carbonyl (C=O) groups is 2. The topological polar surface area (TPSA) is 78.4 Å². The minimum absolute atomic E-state index is 0.293. The molecule has 0 aliphatic heterocycles. The molecule has 6 nitrogen and oxygen atoms in total. The lowest BCUT2D eigenvalue weighted by Crippen LogP contribution is -2.15. The summed E-state index contributed by atoms with van der Waals surface area (Å²) in [6, 6.07) is 14.7. The number of carbonyl (C=O) groups excluding carboxylic acids is 2. The molecule has 2 heterocycles. The molecule has 0 saturated carbocycles. The molecule has 0 atom stereocenters. The maximum absolute atomic E-state index is 12.4. The molecule has 6 heteroatoms. The fourth-order valence-electron chi connectivity index (χ4n) is 4.18. The van der Waals surface area contributed by atoms with Crippen molar-refractivity contribution >= 4 is 11.9 Å². The lowest BCUT2D eigenvalue weighted by molar-refractivity contribution is 0.0450. The van der Waals surface area contributed by atoms with Crippen LogP contribution in [0.3, 0.4) is 0 Å². The summed E-state index contributed by atoms with van der Waals surface area (Å²) in [6.45, 7) is 5.17. The van der Waals surface area contributed by atoms with E-state index in [4.69, 9.17) is 9.47 Å². The normalized spacial score (nSPS) is 10.3. The van der Waals surface area contributed by atoms with Crippen LogP contribution in [0.25, 0.3) is 11.1 Å². The van der Waals surface area contributed by atoms with E-state index < -0.39 is 11.9 Å². The first-order valence-electron chi connectivity index (χ1n) is 14.9. The van der Waals surface area contributed by atoms with Crippen LogP contribution >= 0.6 is 0 Å². The number of benzene rings is 1. The molecule has 0 saturated heterocycles. The molecule has 40 heavy (non-hydrogen) atoms. The van der Waals surface area contributed by atoms with E-state index in [0.29, 0.717) is 24.3 Å². The van der Waals surface area contributed by atoms with Gasteiger partial charge in [0.05, 0.1) is 24.3 Å². The van der Waals surface area contributed by atoms with Crippen molar-refractivity contribution < 1.29 is 19.1 Å². The minimum atomic E-state index is -0.444. The summed E-state index contributed by atoms with van der Waals surface area (Å²) in [4.78, 5) is 32.6. The van der Waals surface area contributed by atoms with E-state index in [-0.39, 0.29) is 0 Å². The van der Waals surface area contributed by atoms with Crippen LogP contribution in [0.2, 0.25) is 0 Å². The summed E-state index contributed by atoms with van der Waals surface area (Å²) in [7, 11) is 0. The Morgan fingerprint density at radius 1 is 0.525 bits per heavy atom. The smallest absolute Gasteiger partial charge is 0.339 e. The molecule has 216 valence electrons. The van der Waals surface area contributed by atoms with Gasteiger partial charge < -0.3 is 9.47 Å². The van der Waals surface area contributed by atoms with Crippen LogP contribution in [0, 0.1) is 0 Å². The van der Waals surface area contributed by atoms with Gasteiger partial charge in [-0.25, -0.2) is 9.59 Å². The standard InChI is InChI=1S/C24H38O4.C10H8N2/c1-3-5-7-9-11-15-19-27-23(25)21-17-13-14-18-22(21)24(26)28-20-16-12-10-8-6-4-2;1-5-11-6-2-9(1)10-3-7-12-8-4-10/h13-14,17-18H,3-12,15-16,19-20H2,1-2H3;1-8H. The molecule has 0 aliphatic carbocycles. The van der Waals surface area contributed by atoms with Gasteiger partial charge in [-0.1, -0.05) is 90.2 Å². The number of pyridine rings is 2. The Hall–Kier alpha value is -3.54. The average molecular weight is 547 g/mol. The molecule has 0 N–H and O–H groups in total. The second-order valence-corrected chi connectivity index (χ2v) is 9.82. The Balaban J connectivity index is 0.000000382. The second-order valence-electron chi connectivity index (χ2n) is 9.82. The zero-order chi connectivity index (χ0) is 28.7. The van der Waals surface area contributed by atoms with Gasteiger partial charge in [-0.2, -0.15) is 0 Å². The molecule has 2 aromatic heterocycles. The zero-order valence-corrected chi connectivity index (χ0v) is 24.4. The van der Waals surface area contributed by atoms with Crippen LogP contribution in [0.15, 0.2) is 73.3 Å². The summed E-state index contributed by atoms with van der Waals surface area (Å²) >= 11 is 0. The fraction of sp³-hybridized carbons (Fsp3) is 0.471. The van der Waals surface area contributed by atoms with E-state index in [1.165, 1.54) is 62.5 Å². The van der Waals surface area contributed by atoms with Crippen molar-refractivity contribution in [2.24, 2.45) is 0 Å². The van der Waals surface area contributed by atoms with E-state index in [9.17, 15) is 9.59 Å². The highest BCUT2D eigenvalue weighted by Crippen LogP contribution is 2.16. The molecule has 0 aliphatic rings. The van der Waals surface area contributed by atoms with Gasteiger partial charge >= 0.3 is 11.9 Å². The molecular weight excluding hydrogens is 500 g/mol.